The number of ether oxygens (including phenoxy) is 2. The second kappa shape index (κ2) is 7.92. The van der Waals surface area contributed by atoms with Gasteiger partial charge in [-0.25, -0.2) is 9.59 Å². The van der Waals surface area contributed by atoms with Gasteiger partial charge in [-0.1, -0.05) is 42.5 Å². The molecule has 3 aromatic rings. The number of para-hydroxylation sites is 3. The van der Waals surface area contributed by atoms with Gasteiger partial charge in [0, 0.05) is 6.07 Å². The molecule has 0 aliphatic carbocycles. The zero-order chi connectivity index (χ0) is 19.2. The minimum atomic E-state index is -0.898. The maximum Gasteiger partial charge on any atom is 0.344 e. The second-order valence-electron chi connectivity index (χ2n) is 5.36. The van der Waals surface area contributed by atoms with Crippen molar-refractivity contribution in [3.63, 3.8) is 0 Å². The van der Waals surface area contributed by atoms with Crippen LogP contribution >= 0.6 is 0 Å². The van der Waals surface area contributed by atoms with Crippen LogP contribution in [0.5, 0.6) is 11.5 Å². The van der Waals surface area contributed by atoms with Crippen molar-refractivity contribution >= 4 is 17.6 Å². The first-order valence-electron chi connectivity index (χ1n) is 7.88. The predicted octanol–water partition coefficient (Wildman–Crippen LogP) is 4.03. The lowest BCUT2D eigenvalue weighted by Crippen LogP contribution is -2.17. The van der Waals surface area contributed by atoms with Crippen molar-refractivity contribution in [1.29, 1.82) is 0 Å². The van der Waals surface area contributed by atoms with Gasteiger partial charge in [0.15, 0.2) is 0 Å². The largest absolute Gasteiger partial charge is 0.423 e. The molecule has 7 nitrogen and oxygen atoms in total. The van der Waals surface area contributed by atoms with Gasteiger partial charge in [0.1, 0.15) is 5.75 Å². The Hall–Kier alpha value is -4.00. The van der Waals surface area contributed by atoms with Crippen LogP contribution < -0.4 is 9.47 Å². The van der Waals surface area contributed by atoms with Crippen LogP contribution in [0, 0.1) is 10.1 Å². The number of rotatable bonds is 5. The number of hydrogen-bond acceptors (Lipinski definition) is 6. The molecule has 0 heterocycles. The Bertz CT molecular complexity index is 1000. The average molecular weight is 363 g/mol. The number of nitro benzene ring substituents is 1. The van der Waals surface area contributed by atoms with Gasteiger partial charge in [-0.2, -0.15) is 0 Å². The van der Waals surface area contributed by atoms with E-state index in [-0.39, 0.29) is 22.6 Å². The van der Waals surface area contributed by atoms with Gasteiger partial charge in [-0.05, 0) is 30.3 Å². The van der Waals surface area contributed by atoms with Crippen molar-refractivity contribution in [3.05, 3.63) is 100 Å². The third kappa shape index (κ3) is 4.16. The molecule has 0 bridgehead atoms. The van der Waals surface area contributed by atoms with Crippen LogP contribution in [0.4, 0.5) is 5.69 Å². The Kier molecular flexibility index (Phi) is 5.22. The normalized spacial score (nSPS) is 10.1. The Morgan fingerprint density at radius 2 is 1.22 bits per heavy atom. The molecule has 0 saturated carbocycles. The van der Waals surface area contributed by atoms with Crippen molar-refractivity contribution in [2.75, 3.05) is 0 Å². The van der Waals surface area contributed by atoms with Crippen molar-refractivity contribution < 1.29 is 24.0 Å². The van der Waals surface area contributed by atoms with Crippen molar-refractivity contribution in [1.82, 2.24) is 0 Å². The smallest absolute Gasteiger partial charge is 0.344 e. The van der Waals surface area contributed by atoms with Crippen LogP contribution in [0.2, 0.25) is 0 Å². The van der Waals surface area contributed by atoms with Crippen molar-refractivity contribution in [3.8, 4) is 11.5 Å². The lowest BCUT2D eigenvalue weighted by atomic mass is 10.1. The molecule has 0 aliphatic heterocycles. The fraction of sp³-hybridized carbons (Fsp3) is 0. The lowest BCUT2D eigenvalue weighted by molar-refractivity contribution is -0.385. The average Bonchev–Trinajstić information content (AvgIpc) is 2.69. The first kappa shape index (κ1) is 17.8. The molecule has 0 N–H and O–H groups in total. The first-order valence-corrected chi connectivity index (χ1v) is 7.88. The van der Waals surface area contributed by atoms with Gasteiger partial charge in [-0.3, -0.25) is 10.1 Å². The van der Waals surface area contributed by atoms with Crippen LogP contribution in [0.25, 0.3) is 0 Å². The molecule has 0 radical (unpaired) electrons. The molecule has 0 fully saturated rings. The van der Waals surface area contributed by atoms with E-state index in [2.05, 4.69) is 0 Å². The summed E-state index contributed by atoms with van der Waals surface area (Å²) in [5.74, 6) is -1.52. The highest BCUT2D eigenvalue weighted by atomic mass is 16.6. The van der Waals surface area contributed by atoms with Gasteiger partial charge in [-0.15, -0.1) is 0 Å². The summed E-state index contributed by atoms with van der Waals surface area (Å²) in [7, 11) is 0. The van der Waals surface area contributed by atoms with Crippen LogP contribution in [0.3, 0.4) is 0 Å². The third-order valence-electron chi connectivity index (χ3n) is 3.59. The predicted molar refractivity (Wildman–Crippen MR) is 95.9 cm³/mol. The summed E-state index contributed by atoms with van der Waals surface area (Å²) in [4.78, 5) is 35.3. The van der Waals surface area contributed by atoms with E-state index in [9.17, 15) is 19.7 Å². The molecule has 0 unspecified atom stereocenters. The Balaban J connectivity index is 1.86. The highest BCUT2D eigenvalue weighted by Crippen LogP contribution is 2.27. The summed E-state index contributed by atoms with van der Waals surface area (Å²) in [5, 5.41) is 11.1. The van der Waals surface area contributed by atoms with E-state index >= 15 is 0 Å². The lowest BCUT2D eigenvalue weighted by Gasteiger charge is -2.09. The number of nitro groups is 1. The number of benzene rings is 3. The maximum atomic E-state index is 12.5. The summed E-state index contributed by atoms with van der Waals surface area (Å²) >= 11 is 0. The molecule has 0 spiro atoms. The second-order valence-corrected chi connectivity index (χ2v) is 5.36. The molecule has 27 heavy (non-hydrogen) atoms. The van der Waals surface area contributed by atoms with E-state index in [0.29, 0.717) is 5.75 Å². The molecule has 3 rings (SSSR count). The minimum absolute atomic E-state index is 0.00932. The van der Waals surface area contributed by atoms with Gasteiger partial charge < -0.3 is 9.47 Å². The summed E-state index contributed by atoms with van der Waals surface area (Å²) in [6.07, 6.45) is 0. The van der Waals surface area contributed by atoms with E-state index in [4.69, 9.17) is 9.47 Å². The van der Waals surface area contributed by atoms with Crippen molar-refractivity contribution in [2.45, 2.75) is 0 Å². The molecular weight excluding hydrogens is 350 g/mol. The summed E-state index contributed by atoms with van der Waals surface area (Å²) in [6.45, 7) is 0. The van der Waals surface area contributed by atoms with E-state index in [1.54, 1.807) is 42.5 Å². The number of esters is 2. The summed E-state index contributed by atoms with van der Waals surface area (Å²) < 4.78 is 10.4. The molecule has 0 saturated heterocycles. The molecule has 3 aromatic carbocycles. The quantitative estimate of drug-likeness (QED) is 0.294. The van der Waals surface area contributed by atoms with E-state index in [1.165, 1.54) is 36.4 Å². The highest BCUT2D eigenvalue weighted by molar-refractivity contribution is 6.04. The van der Waals surface area contributed by atoms with E-state index in [1.807, 2.05) is 0 Å². The summed E-state index contributed by atoms with van der Waals surface area (Å²) in [5.41, 5.74) is -0.420. The van der Waals surface area contributed by atoms with Crippen LogP contribution in [-0.4, -0.2) is 16.9 Å². The SMILES string of the molecule is O=C(Oc1ccccc1)c1ccccc1C(=O)Oc1ccccc1[N+](=O)[O-]. The molecule has 134 valence electrons. The Labute approximate surface area is 153 Å². The van der Waals surface area contributed by atoms with Crippen LogP contribution in [-0.2, 0) is 0 Å². The zero-order valence-electron chi connectivity index (χ0n) is 13.9. The first-order chi connectivity index (χ1) is 13.1. The van der Waals surface area contributed by atoms with Gasteiger partial charge in [0.05, 0.1) is 16.1 Å². The van der Waals surface area contributed by atoms with E-state index < -0.39 is 16.9 Å². The van der Waals surface area contributed by atoms with Crippen LogP contribution in [0.1, 0.15) is 20.7 Å². The molecule has 0 aromatic heterocycles. The van der Waals surface area contributed by atoms with E-state index in [0.717, 1.165) is 0 Å². The standard InChI is InChI=1S/C20H13NO6/c22-19(26-14-8-2-1-3-9-14)15-10-4-5-11-16(15)20(23)27-18-13-7-6-12-17(18)21(24)25/h1-13H. The monoisotopic (exact) mass is 363 g/mol. The highest BCUT2D eigenvalue weighted by Gasteiger charge is 2.23. The van der Waals surface area contributed by atoms with Gasteiger partial charge in [0.25, 0.3) is 0 Å². The number of carbonyl (C=O) groups is 2. The number of carbonyl (C=O) groups excluding carboxylic acids is 2. The fourth-order valence-electron chi connectivity index (χ4n) is 2.34. The minimum Gasteiger partial charge on any atom is -0.423 e. The Morgan fingerprint density at radius 3 is 1.85 bits per heavy atom. The molecule has 7 heteroatoms. The maximum absolute atomic E-state index is 12.5. The molecular formula is C20H13NO6. The fourth-order valence-corrected chi connectivity index (χ4v) is 2.34. The molecule has 0 aliphatic rings. The van der Waals surface area contributed by atoms with Crippen molar-refractivity contribution in [2.24, 2.45) is 0 Å². The van der Waals surface area contributed by atoms with Crippen LogP contribution in [0.15, 0.2) is 78.9 Å². The molecule has 0 atom stereocenters. The zero-order valence-corrected chi connectivity index (χ0v) is 13.9. The van der Waals surface area contributed by atoms with Gasteiger partial charge in [0.2, 0.25) is 5.75 Å². The Morgan fingerprint density at radius 1 is 0.704 bits per heavy atom. The number of nitrogens with zero attached hydrogens (tertiary/aromatic N) is 1. The van der Waals surface area contributed by atoms with Gasteiger partial charge >= 0.3 is 17.6 Å². The number of hydrogen-bond donors (Lipinski definition) is 0. The topological polar surface area (TPSA) is 95.7 Å². The summed E-state index contributed by atoms with van der Waals surface area (Å²) in [6, 6.07) is 19.8. The molecule has 0 amide bonds. The third-order valence-corrected chi connectivity index (χ3v) is 3.59.